The molecular formula is C11H15NO2. The number of hydrogen-bond donors (Lipinski definition) is 2. The number of rotatable bonds is 3. The van der Waals surface area contributed by atoms with Crippen molar-refractivity contribution >= 4 is 6.09 Å². The fraction of sp³-hybridized carbons (Fsp3) is 0.364. The number of benzene rings is 1. The third-order valence-electron chi connectivity index (χ3n) is 2.15. The maximum atomic E-state index is 10.5. The molecule has 0 saturated heterocycles. The summed E-state index contributed by atoms with van der Waals surface area (Å²) in [6.45, 7) is 3.96. The van der Waals surface area contributed by atoms with Crippen LogP contribution in [0.4, 0.5) is 4.79 Å². The van der Waals surface area contributed by atoms with E-state index in [2.05, 4.69) is 5.32 Å². The first-order chi connectivity index (χ1) is 6.63. The van der Waals surface area contributed by atoms with Crippen LogP contribution in [0.1, 0.15) is 30.5 Å². The van der Waals surface area contributed by atoms with E-state index in [-0.39, 0.29) is 6.04 Å². The third-order valence-corrected chi connectivity index (χ3v) is 2.15. The van der Waals surface area contributed by atoms with Crippen LogP contribution in [0.5, 0.6) is 0 Å². The summed E-state index contributed by atoms with van der Waals surface area (Å²) in [7, 11) is 0. The Labute approximate surface area is 83.8 Å². The van der Waals surface area contributed by atoms with Gasteiger partial charge in [0, 0.05) is 0 Å². The molecule has 0 fully saturated rings. The van der Waals surface area contributed by atoms with Crippen molar-refractivity contribution in [1.29, 1.82) is 0 Å². The lowest BCUT2D eigenvalue weighted by Crippen LogP contribution is -2.26. The van der Waals surface area contributed by atoms with Gasteiger partial charge in [-0.2, -0.15) is 0 Å². The van der Waals surface area contributed by atoms with Crippen molar-refractivity contribution < 1.29 is 9.90 Å². The number of carboxylic acid groups (broad SMARTS) is 1. The molecule has 0 bridgehead atoms. The predicted molar refractivity (Wildman–Crippen MR) is 55.4 cm³/mol. The van der Waals surface area contributed by atoms with Gasteiger partial charge in [0.05, 0.1) is 6.04 Å². The molecule has 0 heterocycles. The molecule has 1 amide bonds. The maximum absolute atomic E-state index is 10.5. The molecule has 1 atom stereocenters. The standard InChI is InChI=1S/C11H15NO2/c1-3-10(12-11(13)14)9-6-4-5-8(2)7-9/h4-7,10,12H,3H2,1-2H3,(H,13,14). The Morgan fingerprint density at radius 3 is 2.79 bits per heavy atom. The molecule has 2 N–H and O–H groups in total. The van der Waals surface area contributed by atoms with Gasteiger partial charge in [-0.3, -0.25) is 0 Å². The Kier molecular flexibility index (Phi) is 3.51. The zero-order chi connectivity index (χ0) is 10.6. The molecule has 0 aliphatic rings. The van der Waals surface area contributed by atoms with Crippen molar-refractivity contribution in [2.24, 2.45) is 0 Å². The van der Waals surface area contributed by atoms with Crippen LogP contribution in [0.15, 0.2) is 24.3 Å². The summed E-state index contributed by atoms with van der Waals surface area (Å²) in [5.41, 5.74) is 2.17. The highest BCUT2D eigenvalue weighted by Gasteiger charge is 2.10. The normalized spacial score (nSPS) is 12.1. The molecule has 0 radical (unpaired) electrons. The Morgan fingerprint density at radius 1 is 1.57 bits per heavy atom. The zero-order valence-electron chi connectivity index (χ0n) is 8.45. The highest BCUT2D eigenvalue weighted by atomic mass is 16.4. The highest BCUT2D eigenvalue weighted by Crippen LogP contribution is 2.17. The van der Waals surface area contributed by atoms with Gasteiger partial charge in [0.25, 0.3) is 0 Å². The molecule has 0 aliphatic heterocycles. The average Bonchev–Trinajstić information content (AvgIpc) is 2.14. The summed E-state index contributed by atoms with van der Waals surface area (Å²) in [4.78, 5) is 10.5. The fourth-order valence-electron chi connectivity index (χ4n) is 1.46. The second kappa shape index (κ2) is 4.65. The van der Waals surface area contributed by atoms with Gasteiger partial charge in [0.2, 0.25) is 0 Å². The molecule has 76 valence electrons. The first-order valence-electron chi connectivity index (χ1n) is 4.69. The SMILES string of the molecule is CCC(NC(=O)O)c1cccc(C)c1. The van der Waals surface area contributed by atoms with E-state index < -0.39 is 6.09 Å². The number of amides is 1. The molecule has 14 heavy (non-hydrogen) atoms. The summed E-state index contributed by atoms with van der Waals surface area (Å²) in [5.74, 6) is 0. The van der Waals surface area contributed by atoms with Crippen molar-refractivity contribution in [3.05, 3.63) is 35.4 Å². The summed E-state index contributed by atoms with van der Waals surface area (Å²) in [5, 5.41) is 11.1. The Hall–Kier alpha value is -1.51. The molecule has 3 heteroatoms. The van der Waals surface area contributed by atoms with Crippen molar-refractivity contribution in [2.75, 3.05) is 0 Å². The second-order valence-corrected chi connectivity index (χ2v) is 3.32. The molecule has 0 saturated carbocycles. The molecule has 1 aromatic rings. The van der Waals surface area contributed by atoms with Gasteiger partial charge in [0.15, 0.2) is 0 Å². The molecule has 0 aliphatic carbocycles. The van der Waals surface area contributed by atoms with E-state index in [1.54, 1.807) is 0 Å². The molecule has 1 rings (SSSR count). The van der Waals surface area contributed by atoms with Crippen molar-refractivity contribution in [3.8, 4) is 0 Å². The number of nitrogens with one attached hydrogen (secondary N) is 1. The third kappa shape index (κ3) is 2.76. The minimum atomic E-state index is -0.974. The van der Waals surface area contributed by atoms with Gasteiger partial charge >= 0.3 is 6.09 Å². The van der Waals surface area contributed by atoms with E-state index in [4.69, 9.17) is 5.11 Å². The first kappa shape index (κ1) is 10.6. The van der Waals surface area contributed by atoms with E-state index in [1.165, 1.54) is 0 Å². The lowest BCUT2D eigenvalue weighted by molar-refractivity contribution is 0.189. The summed E-state index contributed by atoms with van der Waals surface area (Å²) >= 11 is 0. The van der Waals surface area contributed by atoms with Crippen LogP contribution in [-0.2, 0) is 0 Å². The average molecular weight is 193 g/mol. The summed E-state index contributed by atoms with van der Waals surface area (Å²) < 4.78 is 0. The fourth-order valence-corrected chi connectivity index (χ4v) is 1.46. The lowest BCUT2D eigenvalue weighted by atomic mass is 10.0. The van der Waals surface area contributed by atoms with Crippen LogP contribution >= 0.6 is 0 Å². The zero-order valence-corrected chi connectivity index (χ0v) is 8.45. The van der Waals surface area contributed by atoms with E-state index >= 15 is 0 Å². The van der Waals surface area contributed by atoms with E-state index in [1.807, 2.05) is 38.1 Å². The van der Waals surface area contributed by atoms with Crippen molar-refractivity contribution in [2.45, 2.75) is 26.3 Å². The molecule has 0 aromatic heterocycles. The topological polar surface area (TPSA) is 49.3 Å². The largest absolute Gasteiger partial charge is 0.465 e. The van der Waals surface area contributed by atoms with Crippen LogP contribution in [0, 0.1) is 6.92 Å². The minimum absolute atomic E-state index is 0.104. The smallest absolute Gasteiger partial charge is 0.405 e. The van der Waals surface area contributed by atoms with Gasteiger partial charge in [-0.1, -0.05) is 36.8 Å². The van der Waals surface area contributed by atoms with E-state index in [0.29, 0.717) is 0 Å². The van der Waals surface area contributed by atoms with Crippen LogP contribution in [0.2, 0.25) is 0 Å². The maximum Gasteiger partial charge on any atom is 0.405 e. The number of aryl methyl sites for hydroxylation is 1. The van der Waals surface area contributed by atoms with Crippen LogP contribution in [-0.4, -0.2) is 11.2 Å². The van der Waals surface area contributed by atoms with Gasteiger partial charge in [-0.25, -0.2) is 4.79 Å². The number of hydrogen-bond acceptors (Lipinski definition) is 1. The quantitative estimate of drug-likeness (QED) is 0.775. The van der Waals surface area contributed by atoms with Crippen LogP contribution < -0.4 is 5.32 Å². The summed E-state index contributed by atoms with van der Waals surface area (Å²) in [6.07, 6.45) is -0.214. The van der Waals surface area contributed by atoms with Crippen molar-refractivity contribution in [1.82, 2.24) is 5.32 Å². The molecule has 0 spiro atoms. The monoisotopic (exact) mass is 193 g/mol. The molecular weight excluding hydrogens is 178 g/mol. The van der Waals surface area contributed by atoms with Gasteiger partial charge in [0.1, 0.15) is 0 Å². The van der Waals surface area contributed by atoms with Crippen LogP contribution in [0.25, 0.3) is 0 Å². The molecule has 3 nitrogen and oxygen atoms in total. The Morgan fingerprint density at radius 2 is 2.29 bits per heavy atom. The van der Waals surface area contributed by atoms with E-state index in [0.717, 1.165) is 17.5 Å². The van der Waals surface area contributed by atoms with Gasteiger partial charge in [-0.05, 0) is 18.9 Å². The molecule has 1 unspecified atom stereocenters. The van der Waals surface area contributed by atoms with Crippen LogP contribution in [0.3, 0.4) is 0 Å². The predicted octanol–water partition coefficient (Wildman–Crippen LogP) is 2.71. The number of carbonyl (C=O) groups is 1. The lowest BCUT2D eigenvalue weighted by Gasteiger charge is -2.15. The van der Waals surface area contributed by atoms with Gasteiger partial charge < -0.3 is 10.4 Å². The summed E-state index contributed by atoms with van der Waals surface area (Å²) in [6, 6.07) is 7.78. The highest BCUT2D eigenvalue weighted by molar-refractivity contribution is 5.65. The Balaban J connectivity index is 2.83. The van der Waals surface area contributed by atoms with Crippen molar-refractivity contribution in [3.63, 3.8) is 0 Å². The Bertz CT molecular complexity index is 323. The van der Waals surface area contributed by atoms with E-state index in [9.17, 15) is 4.79 Å². The first-order valence-corrected chi connectivity index (χ1v) is 4.69. The second-order valence-electron chi connectivity index (χ2n) is 3.32. The molecule has 1 aromatic carbocycles. The van der Waals surface area contributed by atoms with Gasteiger partial charge in [-0.15, -0.1) is 0 Å². The minimum Gasteiger partial charge on any atom is -0.465 e.